The van der Waals surface area contributed by atoms with Gasteiger partial charge in [-0.05, 0) is 75.3 Å². The zero-order valence-corrected chi connectivity index (χ0v) is 19.0. The fourth-order valence-electron chi connectivity index (χ4n) is 3.70. The molecule has 0 amide bonds. The Hall–Kier alpha value is -2.93. The van der Waals surface area contributed by atoms with Gasteiger partial charge in [0.25, 0.3) is 0 Å². The lowest BCUT2D eigenvalue weighted by molar-refractivity contribution is -0.114. The van der Waals surface area contributed by atoms with E-state index in [0.29, 0.717) is 35.3 Å². The van der Waals surface area contributed by atoms with Gasteiger partial charge in [-0.2, -0.15) is 0 Å². The van der Waals surface area contributed by atoms with E-state index < -0.39 is 0 Å². The van der Waals surface area contributed by atoms with Crippen molar-refractivity contribution in [3.8, 4) is 11.5 Å². The Kier molecular flexibility index (Phi) is 7.28. The van der Waals surface area contributed by atoms with Crippen LogP contribution in [0, 0.1) is 5.82 Å². The molecule has 7 heteroatoms. The first-order valence-electron chi connectivity index (χ1n) is 10.3. The Morgan fingerprint density at radius 3 is 2.45 bits per heavy atom. The van der Waals surface area contributed by atoms with Crippen LogP contribution >= 0.6 is 12.2 Å². The topological polar surface area (TPSA) is 50.8 Å². The van der Waals surface area contributed by atoms with Crippen molar-refractivity contribution in [1.82, 2.24) is 10.2 Å². The monoisotopic (exact) mass is 442 g/mol. The lowest BCUT2D eigenvalue weighted by Crippen LogP contribution is -2.47. The van der Waals surface area contributed by atoms with Crippen molar-refractivity contribution >= 4 is 23.1 Å². The Morgan fingerprint density at radius 1 is 1.13 bits per heavy atom. The SMILES string of the molecule is CCOc1cc(C2NC(=S)N(CC)C(C)=C2C(C)=O)ccc1OCc1ccc(F)cc1. The molecule has 0 bridgehead atoms. The van der Waals surface area contributed by atoms with Gasteiger partial charge in [-0.15, -0.1) is 0 Å². The van der Waals surface area contributed by atoms with Crippen LogP contribution in [0.25, 0.3) is 0 Å². The molecule has 2 aromatic rings. The number of carbonyl (C=O) groups excluding carboxylic acids is 1. The van der Waals surface area contributed by atoms with Crippen molar-refractivity contribution < 1.29 is 18.7 Å². The maximum atomic E-state index is 13.1. The molecule has 5 nitrogen and oxygen atoms in total. The van der Waals surface area contributed by atoms with Gasteiger partial charge >= 0.3 is 0 Å². The number of ether oxygens (including phenoxy) is 2. The third-order valence-electron chi connectivity index (χ3n) is 5.20. The summed E-state index contributed by atoms with van der Waals surface area (Å²) in [5, 5.41) is 3.88. The summed E-state index contributed by atoms with van der Waals surface area (Å²) >= 11 is 5.52. The molecule has 3 rings (SSSR count). The molecule has 0 fully saturated rings. The van der Waals surface area contributed by atoms with Gasteiger partial charge in [-0.1, -0.05) is 18.2 Å². The second kappa shape index (κ2) is 9.92. The summed E-state index contributed by atoms with van der Waals surface area (Å²) in [6, 6.07) is 11.4. The Bertz CT molecular complexity index is 1000. The number of benzene rings is 2. The number of rotatable bonds is 8. The van der Waals surface area contributed by atoms with Crippen molar-refractivity contribution in [2.45, 2.75) is 40.3 Å². The van der Waals surface area contributed by atoms with Crippen molar-refractivity contribution in [1.29, 1.82) is 0 Å². The second-order valence-electron chi connectivity index (χ2n) is 7.24. The number of ketones is 1. The van der Waals surface area contributed by atoms with Crippen LogP contribution in [-0.2, 0) is 11.4 Å². The van der Waals surface area contributed by atoms with Gasteiger partial charge in [0.15, 0.2) is 22.4 Å². The van der Waals surface area contributed by atoms with Crippen LogP contribution in [0.5, 0.6) is 11.5 Å². The van der Waals surface area contributed by atoms with Crippen molar-refractivity contribution in [2.75, 3.05) is 13.2 Å². The van der Waals surface area contributed by atoms with Crippen LogP contribution in [0.1, 0.15) is 44.9 Å². The van der Waals surface area contributed by atoms with E-state index in [1.165, 1.54) is 12.1 Å². The Balaban J connectivity index is 1.92. The van der Waals surface area contributed by atoms with Crippen LogP contribution in [0.15, 0.2) is 53.7 Å². The number of Topliss-reactive ketones (excluding diaryl/α,β-unsaturated/α-hetero) is 1. The highest BCUT2D eigenvalue weighted by atomic mass is 32.1. The highest BCUT2D eigenvalue weighted by Gasteiger charge is 2.32. The number of nitrogens with one attached hydrogen (secondary N) is 1. The first kappa shape index (κ1) is 22.7. The fourth-order valence-corrected chi connectivity index (χ4v) is 4.09. The molecular weight excluding hydrogens is 415 g/mol. The third-order valence-corrected chi connectivity index (χ3v) is 5.54. The minimum absolute atomic E-state index is 0.00875. The molecule has 0 aliphatic carbocycles. The van der Waals surface area contributed by atoms with Gasteiger partial charge in [0, 0.05) is 17.8 Å². The van der Waals surface area contributed by atoms with Crippen LogP contribution in [0.2, 0.25) is 0 Å². The first-order chi connectivity index (χ1) is 14.8. The number of thiocarbonyl (C=S) groups is 1. The molecule has 1 unspecified atom stereocenters. The molecule has 0 saturated heterocycles. The highest BCUT2D eigenvalue weighted by molar-refractivity contribution is 7.80. The highest BCUT2D eigenvalue weighted by Crippen LogP contribution is 2.36. The molecule has 164 valence electrons. The van der Waals surface area contributed by atoms with Gasteiger partial charge < -0.3 is 19.7 Å². The minimum atomic E-state index is -0.363. The molecule has 2 aromatic carbocycles. The maximum absolute atomic E-state index is 13.1. The zero-order valence-electron chi connectivity index (χ0n) is 18.2. The number of halogens is 1. The molecule has 1 heterocycles. The third kappa shape index (κ3) is 5.05. The minimum Gasteiger partial charge on any atom is -0.490 e. The number of hydrogen-bond acceptors (Lipinski definition) is 4. The molecule has 0 saturated carbocycles. The van der Waals surface area contributed by atoms with E-state index in [-0.39, 0.29) is 24.2 Å². The van der Waals surface area contributed by atoms with E-state index in [1.807, 2.05) is 43.9 Å². The van der Waals surface area contributed by atoms with E-state index in [4.69, 9.17) is 21.7 Å². The van der Waals surface area contributed by atoms with E-state index in [2.05, 4.69) is 5.32 Å². The molecule has 1 aliphatic rings. The normalized spacial score (nSPS) is 16.2. The van der Waals surface area contributed by atoms with Crippen LogP contribution in [-0.4, -0.2) is 28.9 Å². The van der Waals surface area contributed by atoms with Gasteiger partial charge in [-0.25, -0.2) is 4.39 Å². The van der Waals surface area contributed by atoms with E-state index in [0.717, 1.165) is 16.8 Å². The molecule has 1 N–H and O–H groups in total. The fraction of sp³-hybridized carbons (Fsp3) is 0.333. The Labute approximate surface area is 187 Å². The summed E-state index contributed by atoms with van der Waals surface area (Å²) < 4.78 is 24.9. The van der Waals surface area contributed by atoms with Gasteiger partial charge in [-0.3, -0.25) is 4.79 Å². The lowest BCUT2D eigenvalue weighted by atomic mass is 9.92. The summed E-state index contributed by atoms with van der Waals surface area (Å²) in [6.45, 7) is 8.81. The summed E-state index contributed by atoms with van der Waals surface area (Å²) in [4.78, 5) is 14.4. The summed E-state index contributed by atoms with van der Waals surface area (Å²) in [6.07, 6.45) is 0. The molecule has 1 aliphatic heterocycles. The molecule has 0 aromatic heterocycles. The summed E-state index contributed by atoms with van der Waals surface area (Å²) in [5.41, 5.74) is 3.25. The molecule has 1 atom stereocenters. The molecular formula is C24H27FN2O3S. The van der Waals surface area contributed by atoms with Gasteiger partial charge in [0.2, 0.25) is 0 Å². The Morgan fingerprint density at radius 2 is 1.84 bits per heavy atom. The van der Waals surface area contributed by atoms with Crippen molar-refractivity contribution in [2.24, 2.45) is 0 Å². The number of allylic oxidation sites excluding steroid dienone is 1. The first-order valence-corrected chi connectivity index (χ1v) is 10.7. The number of carbonyl (C=O) groups is 1. The predicted molar refractivity (Wildman–Crippen MR) is 123 cm³/mol. The second-order valence-corrected chi connectivity index (χ2v) is 7.62. The van der Waals surface area contributed by atoms with Gasteiger partial charge in [0.1, 0.15) is 12.4 Å². The quantitative estimate of drug-likeness (QED) is 0.586. The van der Waals surface area contributed by atoms with Crippen molar-refractivity contribution in [3.05, 3.63) is 70.7 Å². The van der Waals surface area contributed by atoms with Crippen LogP contribution in [0.3, 0.4) is 0 Å². The largest absolute Gasteiger partial charge is 0.490 e. The zero-order chi connectivity index (χ0) is 22.5. The van der Waals surface area contributed by atoms with E-state index >= 15 is 0 Å². The van der Waals surface area contributed by atoms with Crippen LogP contribution < -0.4 is 14.8 Å². The van der Waals surface area contributed by atoms with E-state index in [1.54, 1.807) is 19.1 Å². The molecule has 31 heavy (non-hydrogen) atoms. The van der Waals surface area contributed by atoms with E-state index in [9.17, 15) is 9.18 Å². The predicted octanol–water partition coefficient (Wildman–Crippen LogP) is 4.92. The summed E-state index contributed by atoms with van der Waals surface area (Å²) in [7, 11) is 0. The van der Waals surface area contributed by atoms with Gasteiger partial charge in [0.05, 0.1) is 12.6 Å². The summed E-state index contributed by atoms with van der Waals surface area (Å²) in [5.74, 6) is 0.861. The lowest BCUT2D eigenvalue weighted by Gasteiger charge is -2.37. The number of nitrogens with zero attached hydrogens (tertiary/aromatic N) is 1. The molecule has 0 spiro atoms. The average Bonchev–Trinajstić information content (AvgIpc) is 2.73. The average molecular weight is 443 g/mol. The standard InChI is InChI=1S/C24H27FN2O3S/c1-5-27-15(3)22(16(4)28)23(26-24(27)31)18-9-12-20(21(13-18)29-6-2)30-14-17-7-10-19(25)11-8-17/h7-13,23H,5-6,14H2,1-4H3,(H,26,31). The van der Waals surface area contributed by atoms with Crippen LogP contribution in [0.4, 0.5) is 4.39 Å². The number of hydrogen-bond donors (Lipinski definition) is 1. The molecule has 0 radical (unpaired) electrons. The smallest absolute Gasteiger partial charge is 0.173 e. The van der Waals surface area contributed by atoms with Crippen molar-refractivity contribution in [3.63, 3.8) is 0 Å². The maximum Gasteiger partial charge on any atom is 0.173 e.